The largest absolute Gasteiger partial charge is 0.416 e. The maximum atomic E-state index is 12.4. The molecule has 1 N–H and O–H groups in total. The van der Waals surface area contributed by atoms with Crippen molar-refractivity contribution in [3.63, 3.8) is 0 Å². The van der Waals surface area contributed by atoms with Crippen LogP contribution in [-0.2, 0) is 9.22 Å². The van der Waals surface area contributed by atoms with Crippen molar-refractivity contribution < 1.29 is 14.3 Å². The van der Waals surface area contributed by atoms with E-state index in [-0.39, 0.29) is 16.9 Å². The Morgan fingerprint density at radius 3 is 2.27 bits per heavy atom. The molecule has 0 aliphatic heterocycles. The fraction of sp³-hybridized carbons (Fsp3) is 0.833. The van der Waals surface area contributed by atoms with Gasteiger partial charge < -0.3 is 9.53 Å². The molecule has 130 valence electrons. The van der Waals surface area contributed by atoms with Gasteiger partial charge in [0.2, 0.25) is 0 Å². The number of aliphatic hydroxyl groups excluding tert-OH is 1. The molecule has 0 bridgehead atoms. The first kappa shape index (κ1) is 21.5. The molecule has 1 atom stereocenters. The van der Waals surface area contributed by atoms with E-state index < -0.39 is 13.7 Å². The van der Waals surface area contributed by atoms with Crippen molar-refractivity contribution in [1.82, 2.24) is 0 Å². The van der Waals surface area contributed by atoms with Crippen LogP contribution in [0.4, 0.5) is 0 Å². The van der Waals surface area contributed by atoms with Crippen molar-refractivity contribution in [2.45, 2.75) is 84.5 Å². The number of ketones is 1. The second-order valence-corrected chi connectivity index (χ2v) is 13.2. The Kier molecular flexibility index (Phi) is 8.24. The fourth-order valence-electron chi connectivity index (χ4n) is 1.80. The van der Waals surface area contributed by atoms with Crippen LogP contribution < -0.4 is 0 Å². The van der Waals surface area contributed by atoms with Crippen LogP contribution in [0.2, 0.25) is 18.1 Å². The van der Waals surface area contributed by atoms with Gasteiger partial charge in [-0.1, -0.05) is 40.7 Å². The second-order valence-electron chi connectivity index (χ2n) is 8.43. The molecule has 0 saturated heterocycles. The highest BCUT2D eigenvalue weighted by Gasteiger charge is 2.39. The molecule has 0 aliphatic rings. The highest BCUT2D eigenvalue weighted by atomic mass is 28.4. The molecule has 0 rings (SSSR count). The van der Waals surface area contributed by atoms with Gasteiger partial charge in [0.05, 0.1) is 6.10 Å². The first-order chi connectivity index (χ1) is 9.83. The fourth-order valence-corrected chi connectivity index (χ4v) is 2.96. The first-order valence-electron chi connectivity index (χ1n) is 8.30. The molecule has 0 aromatic rings. The van der Waals surface area contributed by atoms with Gasteiger partial charge in [0.1, 0.15) is 5.78 Å². The monoisotopic (exact) mass is 328 g/mol. The molecule has 0 fully saturated rings. The number of carbonyl (C=O) groups is 1. The molecule has 0 aromatic carbocycles. The van der Waals surface area contributed by atoms with Crippen LogP contribution in [-0.4, -0.2) is 31.9 Å². The third kappa shape index (κ3) is 7.21. The summed E-state index contributed by atoms with van der Waals surface area (Å²) in [6, 6.07) is 0. The summed E-state index contributed by atoms with van der Waals surface area (Å²) in [5.41, 5.74) is -0.459. The average Bonchev–Trinajstić information content (AvgIpc) is 2.35. The van der Waals surface area contributed by atoms with Crippen molar-refractivity contribution in [2.24, 2.45) is 5.41 Å². The Morgan fingerprint density at radius 2 is 1.82 bits per heavy atom. The third-order valence-electron chi connectivity index (χ3n) is 4.73. The van der Waals surface area contributed by atoms with Gasteiger partial charge in [-0.05, 0) is 37.4 Å². The zero-order valence-electron chi connectivity index (χ0n) is 15.7. The number of hydrogen-bond donors (Lipinski definition) is 1. The highest BCUT2D eigenvalue weighted by Crippen LogP contribution is 2.37. The number of hydrogen-bond acceptors (Lipinski definition) is 3. The predicted octanol–water partition coefficient (Wildman–Crippen LogP) is 4.71. The third-order valence-corrected chi connectivity index (χ3v) is 9.21. The predicted molar refractivity (Wildman–Crippen MR) is 96.6 cm³/mol. The number of aliphatic hydroxyl groups is 1. The van der Waals surface area contributed by atoms with Gasteiger partial charge in [-0.15, -0.1) is 6.58 Å². The van der Waals surface area contributed by atoms with Crippen LogP contribution in [0.1, 0.15) is 60.3 Å². The SMILES string of the molecule is C=CC[C@@H](O)CCCC(=O)C(C)(C)CO[Si](C)(C)C(C)(C)C. The molecule has 0 amide bonds. The van der Waals surface area contributed by atoms with Crippen molar-refractivity contribution >= 4 is 14.1 Å². The van der Waals surface area contributed by atoms with E-state index in [4.69, 9.17) is 4.43 Å². The van der Waals surface area contributed by atoms with Gasteiger partial charge in [0, 0.05) is 18.4 Å². The average molecular weight is 329 g/mol. The lowest BCUT2D eigenvalue weighted by Crippen LogP contribution is -2.44. The molecule has 22 heavy (non-hydrogen) atoms. The molecule has 0 saturated carbocycles. The topological polar surface area (TPSA) is 46.5 Å². The highest BCUT2D eigenvalue weighted by molar-refractivity contribution is 6.74. The normalized spacial score (nSPS) is 14.7. The summed E-state index contributed by atoms with van der Waals surface area (Å²) in [4.78, 5) is 12.4. The molecular weight excluding hydrogens is 292 g/mol. The standard InChI is InChI=1S/C18H36O3Si/c1-9-11-15(19)12-10-13-16(20)18(5,6)14-21-22(7,8)17(2,3)4/h9,15,19H,1,10-14H2,2-8H3/t15-/m1/s1. The molecule has 4 heteroatoms. The number of Topliss-reactive ketones (excluding diaryl/α,β-unsaturated/α-hetero) is 1. The van der Waals surface area contributed by atoms with E-state index in [1.165, 1.54) is 0 Å². The minimum Gasteiger partial charge on any atom is -0.416 e. The van der Waals surface area contributed by atoms with E-state index in [1.54, 1.807) is 6.08 Å². The molecule has 3 nitrogen and oxygen atoms in total. The molecular formula is C18H36O3Si. The minimum atomic E-state index is -1.82. The van der Waals surface area contributed by atoms with E-state index in [9.17, 15) is 9.90 Å². The maximum Gasteiger partial charge on any atom is 0.192 e. The second kappa shape index (κ2) is 8.41. The first-order valence-corrected chi connectivity index (χ1v) is 11.2. The molecule has 0 aromatic heterocycles. The Hall–Kier alpha value is -0.453. The zero-order chi connectivity index (χ0) is 17.6. The van der Waals surface area contributed by atoms with E-state index in [2.05, 4.69) is 40.4 Å². The van der Waals surface area contributed by atoms with Gasteiger partial charge in [0.25, 0.3) is 0 Å². The molecule has 0 heterocycles. The lowest BCUT2D eigenvalue weighted by Gasteiger charge is -2.38. The van der Waals surface area contributed by atoms with Crippen LogP contribution in [0, 0.1) is 5.41 Å². The van der Waals surface area contributed by atoms with Gasteiger partial charge in [-0.25, -0.2) is 0 Å². The summed E-state index contributed by atoms with van der Waals surface area (Å²) < 4.78 is 6.20. The summed E-state index contributed by atoms with van der Waals surface area (Å²) >= 11 is 0. The summed E-state index contributed by atoms with van der Waals surface area (Å²) in [7, 11) is -1.82. The van der Waals surface area contributed by atoms with Crippen molar-refractivity contribution in [1.29, 1.82) is 0 Å². The molecule has 0 aliphatic carbocycles. The van der Waals surface area contributed by atoms with Gasteiger partial charge in [-0.2, -0.15) is 0 Å². The van der Waals surface area contributed by atoms with Gasteiger partial charge in [0.15, 0.2) is 8.32 Å². The zero-order valence-corrected chi connectivity index (χ0v) is 16.7. The van der Waals surface area contributed by atoms with Crippen molar-refractivity contribution in [2.75, 3.05) is 6.61 Å². The van der Waals surface area contributed by atoms with Crippen LogP contribution in [0.3, 0.4) is 0 Å². The van der Waals surface area contributed by atoms with Crippen molar-refractivity contribution in [3.05, 3.63) is 12.7 Å². The Labute approximate surface area is 138 Å². The summed E-state index contributed by atoms with van der Waals surface area (Å²) in [5, 5.41) is 9.82. The maximum absolute atomic E-state index is 12.4. The van der Waals surface area contributed by atoms with Crippen molar-refractivity contribution in [3.8, 4) is 0 Å². The van der Waals surface area contributed by atoms with Crippen LogP contribution in [0.25, 0.3) is 0 Å². The van der Waals surface area contributed by atoms with Crippen LogP contribution >= 0.6 is 0 Å². The smallest absolute Gasteiger partial charge is 0.192 e. The number of carbonyl (C=O) groups excluding carboxylic acids is 1. The lowest BCUT2D eigenvalue weighted by molar-refractivity contribution is -0.128. The summed E-state index contributed by atoms with van der Waals surface area (Å²) in [6.45, 7) is 19.0. The molecule has 0 radical (unpaired) electrons. The van der Waals surface area contributed by atoms with Gasteiger partial charge >= 0.3 is 0 Å². The van der Waals surface area contributed by atoms with E-state index in [0.29, 0.717) is 25.9 Å². The molecule has 0 unspecified atom stereocenters. The summed E-state index contributed by atoms with van der Waals surface area (Å²) in [5.74, 6) is 0.219. The van der Waals surface area contributed by atoms with Crippen LogP contribution in [0.15, 0.2) is 12.7 Å². The Balaban J connectivity index is 4.37. The minimum absolute atomic E-state index is 0.154. The van der Waals surface area contributed by atoms with Crippen LogP contribution in [0.5, 0.6) is 0 Å². The Bertz CT molecular complexity index is 367. The van der Waals surface area contributed by atoms with E-state index >= 15 is 0 Å². The quantitative estimate of drug-likeness (QED) is 0.466. The Morgan fingerprint density at radius 1 is 1.27 bits per heavy atom. The summed E-state index contributed by atoms with van der Waals surface area (Å²) in [6.07, 6.45) is 3.79. The van der Waals surface area contributed by atoms with E-state index in [0.717, 1.165) is 6.42 Å². The molecule has 0 spiro atoms. The number of rotatable bonds is 10. The lowest BCUT2D eigenvalue weighted by atomic mass is 9.86. The van der Waals surface area contributed by atoms with E-state index in [1.807, 2.05) is 13.8 Å². The van der Waals surface area contributed by atoms with Gasteiger partial charge in [-0.3, -0.25) is 4.79 Å².